The van der Waals surface area contributed by atoms with Gasteiger partial charge in [0.15, 0.2) is 5.16 Å². The minimum Gasteiger partial charge on any atom is -0.330 e. The molecular formula is C23H24N6O2S. The van der Waals surface area contributed by atoms with E-state index in [-0.39, 0.29) is 11.7 Å². The average Bonchev–Trinajstić information content (AvgIpc) is 3.45. The molecule has 4 rings (SSSR count). The number of aromatic nitrogens is 5. The zero-order valence-corrected chi connectivity index (χ0v) is 19.0. The predicted octanol–water partition coefficient (Wildman–Crippen LogP) is 4.47. The summed E-state index contributed by atoms with van der Waals surface area (Å²) in [7, 11) is 0. The molecule has 8 nitrogen and oxygen atoms in total. The zero-order valence-electron chi connectivity index (χ0n) is 18.2. The number of amides is 1. The van der Waals surface area contributed by atoms with Gasteiger partial charge in [0, 0.05) is 24.3 Å². The van der Waals surface area contributed by atoms with E-state index in [1.807, 2.05) is 79.9 Å². The fourth-order valence-electron chi connectivity index (χ4n) is 3.36. The van der Waals surface area contributed by atoms with E-state index in [1.165, 1.54) is 11.8 Å². The van der Waals surface area contributed by atoms with Crippen molar-refractivity contribution in [2.24, 2.45) is 0 Å². The highest BCUT2D eigenvalue weighted by Gasteiger charge is 2.21. The Balaban J connectivity index is 1.50. The van der Waals surface area contributed by atoms with Crippen LogP contribution in [0, 0.1) is 6.92 Å². The number of carbonyl (C=O) groups is 1. The van der Waals surface area contributed by atoms with E-state index >= 15 is 0 Å². The largest absolute Gasteiger partial charge is 0.330 e. The van der Waals surface area contributed by atoms with Crippen LogP contribution in [0.4, 0.5) is 5.69 Å². The number of thioether (sulfide) groups is 1. The van der Waals surface area contributed by atoms with Crippen LogP contribution in [0.5, 0.6) is 0 Å². The molecule has 164 valence electrons. The molecule has 0 bridgehead atoms. The van der Waals surface area contributed by atoms with Gasteiger partial charge in [0.2, 0.25) is 17.6 Å². The Morgan fingerprint density at radius 3 is 2.62 bits per heavy atom. The van der Waals surface area contributed by atoms with Gasteiger partial charge in [-0.15, -0.1) is 10.2 Å². The van der Waals surface area contributed by atoms with E-state index in [4.69, 9.17) is 4.52 Å². The Labute approximate surface area is 190 Å². The third-order valence-electron chi connectivity index (χ3n) is 4.94. The maximum Gasteiger partial charge on any atom is 0.296 e. The van der Waals surface area contributed by atoms with E-state index in [1.54, 1.807) is 4.90 Å². The minimum absolute atomic E-state index is 0.0134. The van der Waals surface area contributed by atoms with Crippen molar-refractivity contribution in [3.05, 3.63) is 60.2 Å². The Morgan fingerprint density at radius 2 is 1.91 bits per heavy atom. The second kappa shape index (κ2) is 9.78. The van der Waals surface area contributed by atoms with Crippen molar-refractivity contribution < 1.29 is 9.32 Å². The van der Waals surface area contributed by atoms with E-state index in [2.05, 4.69) is 20.3 Å². The molecular weight excluding hydrogens is 424 g/mol. The summed E-state index contributed by atoms with van der Waals surface area (Å²) < 4.78 is 7.32. The monoisotopic (exact) mass is 448 g/mol. The Hall–Kier alpha value is -3.46. The Bertz CT molecular complexity index is 1200. The number of rotatable bonds is 8. The van der Waals surface area contributed by atoms with Crippen molar-refractivity contribution in [1.82, 2.24) is 24.9 Å². The number of carbonyl (C=O) groups excluding carboxylic acids is 1. The molecule has 1 amide bonds. The Morgan fingerprint density at radius 1 is 1.09 bits per heavy atom. The number of nitrogens with zero attached hydrogens (tertiary/aromatic N) is 6. The number of benzene rings is 2. The maximum atomic E-state index is 12.9. The van der Waals surface area contributed by atoms with Gasteiger partial charge in [-0.3, -0.25) is 9.36 Å². The first-order valence-corrected chi connectivity index (χ1v) is 11.4. The molecule has 0 aliphatic heterocycles. The fourth-order valence-corrected chi connectivity index (χ4v) is 4.24. The second-order valence-electron chi connectivity index (χ2n) is 7.11. The number of anilines is 1. The van der Waals surface area contributed by atoms with E-state index < -0.39 is 0 Å². The molecule has 2 heterocycles. The van der Waals surface area contributed by atoms with Gasteiger partial charge in [-0.1, -0.05) is 59.4 Å². The first-order valence-electron chi connectivity index (χ1n) is 10.4. The third-order valence-corrected chi connectivity index (χ3v) is 5.89. The molecule has 0 saturated carbocycles. The lowest BCUT2D eigenvalue weighted by Gasteiger charge is -2.21. The highest BCUT2D eigenvalue weighted by atomic mass is 32.2. The standard InChI is InChI=1S/C23H24N6O2S/c1-4-28(18-13-9-10-16(3)14-18)19(30)15-32-23-26-25-21(29(23)5-2)22-24-20(27-31-22)17-11-7-6-8-12-17/h6-14H,4-5,15H2,1-3H3. The maximum absolute atomic E-state index is 12.9. The van der Waals surface area contributed by atoms with Crippen molar-refractivity contribution in [1.29, 1.82) is 0 Å². The number of hydrogen-bond donors (Lipinski definition) is 0. The van der Waals surface area contributed by atoms with Crippen LogP contribution in [0.15, 0.2) is 64.3 Å². The molecule has 0 atom stereocenters. The fraction of sp³-hybridized carbons (Fsp3) is 0.261. The van der Waals surface area contributed by atoms with Gasteiger partial charge in [-0.2, -0.15) is 4.98 Å². The number of hydrogen-bond acceptors (Lipinski definition) is 7. The van der Waals surface area contributed by atoms with Crippen LogP contribution in [0.2, 0.25) is 0 Å². The van der Waals surface area contributed by atoms with Crippen molar-refractivity contribution in [2.75, 3.05) is 17.2 Å². The van der Waals surface area contributed by atoms with Crippen LogP contribution in [0.25, 0.3) is 23.1 Å². The van der Waals surface area contributed by atoms with E-state index in [0.717, 1.165) is 16.8 Å². The molecule has 0 spiro atoms. The zero-order chi connectivity index (χ0) is 22.5. The normalized spacial score (nSPS) is 11.0. The van der Waals surface area contributed by atoms with Gasteiger partial charge in [-0.25, -0.2) is 0 Å². The SMILES string of the molecule is CCN(C(=O)CSc1nnc(-c2nc(-c3ccccc3)no2)n1CC)c1cccc(C)c1. The average molecular weight is 449 g/mol. The molecule has 0 aliphatic carbocycles. The highest BCUT2D eigenvalue weighted by molar-refractivity contribution is 7.99. The molecule has 0 saturated heterocycles. The number of aryl methyl sites for hydroxylation is 1. The molecule has 2 aromatic carbocycles. The topological polar surface area (TPSA) is 89.9 Å². The summed E-state index contributed by atoms with van der Waals surface area (Å²) in [5, 5.41) is 13.2. The van der Waals surface area contributed by atoms with Crippen molar-refractivity contribution >= 4 is 23.4 Å². The summed E-state index contributed by atoms with van der Waals surface area (Å²) in [4.78, 5) is 19.2. The van der Waals surface area contributed by atoms with Crippen LogP contribution < -0.4 is 4.90 Å². The van der Waals surface area contributed by atoms with Gasteiger partial charge >= 0.3 is 0 Å². The van der Waals surface area contributed by atoms with Gasteiger partial charge in [0.25, 0.3) is 5.89 Å². The van der Waals surface area contributed by atoms with Crippen molar-refractivity contribution in [2.45, 2.75) is 32.5 Å². The van der Waals surface area contributed by atoms with E-state index in [0.29, 0.717) is 35.8 Å². The molecule has 0 radical (unpaired) electrons. The van der Waals surface area contributed by atoms with Crippen molar-refractivity contribution in [3.63, 3.8) is 0 Å². The summed E-state index contributed by atoms with van der Waals surface area (Å²) in [6, 6.07) is 17.5. The molecule has 2 aromatic heterocycles. The van der Waals surface area contributed by atoms with Crippen LogP contribution in [0.1, 0.15) is 19.4 Å². The highest BCUT2D eigenvalue weighted by Crippen LogP contribution is 2.26. The molecule has 32 heavy (non-hydrogen) atoms. The molecule has 0 unspecified atom stereocenters. The molecule has 0 aliphatic rings. The molecule has 4 aromatic rings. The first kappa shape index (κ1) is 21.8. The Kier molecular flexibility index (Phi) is 6.65. The van der Waals surface area contributed by atoms with Gasteiger partial charge in [-0.05, 0) is 38.5 Å². The summed E-state index contributed by atoms with van der Waals surface area (Å²) in [6.45, 7) is 7.18. The lowest BCUT2D eigenvalue weighted by atomic mass is 10.2. The van der Waals surface area contributed by atoms with Gasteiger partial charge in [0.1, 0.15) is 0 Å². The van der Waals surface area contributed by atoms with Crippen LogP contribution >= 0.6 is 11.8 Å². The van der Waals surface area contributed by atoms with Crippen LogP contribution in [-0.4, -0.2) is 43.1 Å². The lowest BCUT2D eigenvalue weighted by Crippen LogP contribution is -2.32. The molecule has 0 fully saturated rings. The van der Waals surface area contributed by atoms with Crippen LogP contribution in [-0.2, 0) is 11.3 Å². The van der Waals surface area contributed by atoms with Gasteiger partial charge < -0.3 is 9.42 Å². The summed E-state index contributed by atoms with van der Waals surface area (Å²) in [6.07, 6.45) is 0. The summed E-state index contributed by atoms with van der Waals surface area (Å²) >= 11 is 1.35. The first-order chi connectivity index (χ1) is 15.6. The van der Waals surface area contributed by atoms with E-state index in [9.17, 15) is 4.79 Å². The molecule has 9 heteroatoms. The van der Waals surface area contributed by atoms with Gasteiger partial charge in [0.05, 0.1) is 5.75 Å². The third kappa shape index (κ3) is 4.57. The van der Waals surface area contributed by atoms with Crippen LogP contribution in [0.3, 0.4) is 0 Å². The predicted molar refractivity (Wildman–Crippen MR) is 124 cm³/mol. The quantitative estimate of drug-likeness (QED) is 0.367. The molecule has 0 N–H and O–H groups in total. The second-order valence-corrected chi connectivity index (χ2v) is 8.05. The smallest absolute Gasteiger partial charge is 0.296 e. The summed E-state index contributed by atoms with van der Waals surface area (Å²) in [5.41, 5.74) is 2.88. The summed E-state index contributed by atoms with van der Waals surface area (Å²) in [5.74, 6) is 1.54. The van der Waals surface area contributed by atoms with Crippen molar-refractivity contribution in [3.8, 4) is 23.1 Å². The minimum atomic E-state index is 0.0134. The lowest BCUT2D eigenvalue weighted by molar-refractivity contribution is -0.116.